The maximum atomic E-state index is 12.1. The van der Waals surface area contributed by atoms with Gasteiger partial charge in [-0.15, -0.1) is 10.2 Å². The topological polar surface area (TPSA) is 93.8 Å². The highest BCUT2D eigenvalue weighted by Crippen LogP contribution is 2.20. The summed E-state index contributed by atoms with van der Waals surface area (Å²) in [4.78, 5) is 20.0. The predicted molar refractivity (Wildman–Crippen MR) is 83.8 cm³/mol. The third kappa shape index (κ3) is 3.70. The third-order valence-electron chi connectivity index (χ3n) is 3.02. The Morgan fingerprint density at radius 3 is 2.91 bits per heavy atom. The van der Waals surface area contributed by atoms with Crippen molar-refractivity contribution >= 4 is 23.2 Å². The van der Waals surface area contributed by atoms with E-state index in [4.69, 9.17) is 16.0 Å². The van der Waals surface area contributed by atoms with Crippen molar-refractivity contribution in [1.29, 1.82) is 0 Å². The molecule has 0 atom stereocenters. The van der Waals surface area contributed by atoms with Gasteiger partial charge in [0.25, 0.3) is 5.89 Å². The first-order valence-electron chi connectivity index (χ1n) is 6.76. The Labute approximate surface area is 136 Å². The summed E-state index contributed by atoms with van der Waals surface area (Å²) < 4.78 is 5.42. The number of hydrogen-bond acceptors (Lipinski definition) is 6. The fourth-order valence-corrected chi connectivity index (χ4v) is 2.16. The molecule has 0 unspecified atom stereocenters. The van der Waals surface area contributed by atoms with E-state index in [1.165, 1.54) is 12.4 Å². The van der Waals surface area contributed by atoms with E-state index in [0.717, 1.165) is 5.56 Å². The summed E-state index contributed by atoms with van der Waals surface area (Å²) in [6.45, 7) is 1.86. The number of carbonyl (C=O) groups is 1. The van der Waals surface area contributed by atoms with Crippen molar-refractivity contribution in [2.75, 3.05) is 5.32 Å². The molecule has 2 aromatic heterocycles. The number of aromatic nitrogens is 4. The summed E-state index contributed by atoms with van der Waals surface area (Å²) in [6, 6.07) is 5.23. The summed E-state index contributed by atoms with van der Waals surface area (Å²) >= 11 is 5.89. The molecule has 0 saturated carbocycles. The molecule has 0 spiro atoms. The van der Waals surface area contributed by atoms with Crippen molar-refractivity contribution in [1.82, 2.24) is 20.2 Å². The van der Waals surface area contributed by atoms with Crippen molar-refractivity contribution in [2.24, 2.45) is 0 Å². The monoisotopic (exact) mass is 329 g/mol. The Kier molecular flexibility index (Phi) is 4.29. The number of amides is 1. The van der Waals surface area contributed by atoms with Crippen molar-refractivity contribution in [3.05, 3.63) is 53.3 Å². The molecule has 0 bridgehead atoms. The van der Waals surface area contributed by atoms with Gasteiger partial charge in [0, 0.05) is 23.1 Å². The first kappa shape index (κ1) is 15.1. The van der Waals surface area contributed by atoms with E-state index < -0.39 is 0 Å². The number of aryl methyl sites for hydroxylation is 1. The summed E-state index contributed by atoms with van der Waals surface area (Å²) in [7, 11) is 0. The summed E-state index contributed by atoms with van der Waals surface area (Å²) in [5.74, 6) is 0.170. The zero-order valence-corrected chi connectivity index (χ0v) is 12.9. The molecule has 0 radical (unpaired) electrons. The highest BCUT2D eigenvalue weighted by atomic mass is 35.5. The fourth-order valence-electron chi connectivity index (χ4n) is 1.94. The van der Waals surface area contributed by atoms with Crippen LogP contribution < -0.4 is 5.32 Å². The molecule has 1 N–H and O–H groups in total. The maximum absolute atomic E-state index is 12.1. The van der Waals surface area contributed by atoms with Crippen LogP contribution >= 0.6 is 11.6 Å². The van der Waals surface area contributed by atoms with Crippen LogP contribution in [-0.4, -0.2) is 26.1 Å². The summed E-state index contributed by atoms with van der Waals surface area (Å²) in [6.07, 6.45) is 4.54. The average Bonchev–Trinajstić information content (AvgIpc) is 2.99. The van der Waals surface area contributed by atoms with Gasteiger partial charge in [-0.3, -0.25) is 9.78 Å². The van der Waals surface area contributed by atoms with Gasteiger partial charge in [0.1, 0.15) is 12.1 Å². The lowest BCUT2D eigenvalue weighted by molar-refractivity contribution is -0.115. The quantitative estimate of drug-likeness (QED) is 0.790. The number of rotatable bonds is 4. The number of nitrogens with zero attached hydrogens (tertiary/aromatic N) is 4. The van der Waals surface area contributed by atoms with E-state index in [1.54, 1.807) is 24.4 Å². The molecule has 116 valence electrons. The average molecular weight is 330 g/mol. The number of benzene rings is 1. The molecule has 0 saturated heterocycles. The van der Waals surface area contributed by atoms with Crippen LogP contribution in [0.25, 0.3) is 11.6 Å². The van der Waals surface area contributed by atoms with Crippen molar-refractivity contribution < 1.29 is 9.21 Å². The van der Waals surface area contributed by atoms with E-state index in [2.05, 4.69) is 25.5 Å². The second-order valence-electron chi connectivity index (χ2n) is 4.78. The van der Waals surface area contributed by atoms with Gasteiger partial charge in [-0.05, 0) is 30.7 Å². The van der Waals surface area contributed by atoms with Crippen molar-refractivity contribution in [3.63, 3.8) is 0 Å². The third-order valence-corrected chi connectivity index (χ3v) is 3.26. The Hall–Kier alpha value is -2.80. The SMILES string of the molecule is Cc1cc(Cl)ccc1NC(=O)Cc1nnc(-c2cnccn2)o1. The minimum absolute atomic E-state index is 0.0324. The summed E-state index contributed by atoms with van der Waals surface area (Å²) in [5, 5.41) is 11.1. The van der Waals surface area contributed by atoms with Crippen LogP contribution in [0.15, 0.2) is 41.2 Å². The van der Waals surface area contributed by atoms with Gasteiger partial charge in [0.05, 0.1) is 6.20 Å². The summed E-state index contributed by atoms with van der Waals surface area (Å²) in [5.41, 5.74) is 2.02. The first-order valence-corrected chi connectivity index (χ1v) is 7.14. The lowest BCUT2D eigenvalue weighted by Gasteiger charge is -2.07. The second-order valence-corrected chi connectivity index (χ2v) is 5.21. The van der Waals surface area contributed by atoms with Crippen LogP contribution in [0.1, 0.15) is 11.5 Å². The lowest BCUT2D eigenvalue weighted by Crippen LogP contribution is -2.15. The van der Waals surface area contributed by atoms with Crippen LogP contribution in [0.4, 0.5) is 5.69 Å². The molecule has 8 heteroatoms. The van der Waals surface area contributed by atoms with Gasteiger partial charge in [-0.2, -0.15) is 0 Å². The Morgan fingerprint density at radius 1 is 1.30 bits per heavy atom. The zero-order valence-electron chi connectivity index (χ0n) is 12.2. The van der Waals surface area contributed by atoms with Gasteiger partial charge in [0.2, 0.25) is 11.8 Å². The Balaban J connectivity index is 1.68. The van der Waals surface area contributed by atoms with E-state index >= 15 is 0 Å². The molecule has 23 heavy (non-hydrogen) atoms. The minimum Gasteiger partial charge on any atom is -0.419 e. The standard InChI is InChI=1S/C15H12ClN5O2/c1-9-6-10(16)2-3-11(9)19-13(22)7-14-20-21-15(23-14)12-8-17-4-5-18-12/h2-6,8H,7H2,1H3,(H,19,22). The molecule has 1 amide bonds. The number of carbonyl (C=O) groups excluding carboxylic acids is 1. The van der Waals surface area contributed by atoms with Gasteiger partial charge in [-0.1, -0.05) is 11.6 Å². The Morgan fingerprint density at radius 2 is 2.17 bits per heavy atom. The molecule has 0 aliphatic rings. The molecule has 3 aromatic rings. The van der Waals surface area contributed by atoms with E-state index in [9.17, 15) is 4.79 Å². The van der Waals surface area contributed by atoms with Gasteiger partial charge in [-0.25, -0.2) is 4.98 Å². The molecule has 3 rings (SSSR count). The lowest BCUT2D eigenvalue weighted by atomic mass is 10.2. The van der Waals surface area contributed by atoms with Crippen LogP contribution in [0.2, 0.25) is 5.02 Å². The molecule has 0 aliphatic carbocycles. The van der Waals surface area contributed by atoms with Crippen LogP contribution in [0.5, 0.6) is 0 Å². The molecule has 0 fully saturated rings. The second kappa shape index (κ2) is 6.53. The normalized spacial score (nSPS) is 10.5. The highest BCUT2D eigenvalue weighted by molar-refractivity contribution is 6.30. The van der Waals surface area contributed by atoms with Gasteiger partial charge in [0.15, 0.2) is 0 Å². The molecular weight excluding hydrogens is 318 g/mol. The maximum Gasteiger partial charge on any atom is 0.267 e. The van der Waals surface area contributed by atoms with Crippen molar-refractivity contribution in [2.45, 2.75) is 13.3 Å². The van der Waals surface area contributed by atoms with E-state index in [0.29, 0.717) is 16.4 Å². The number of nitrogens with one attached hydrogen (secondary N) is 1. The fraction of sp³-hybridized carbons (Fsp3) is 0.133. The molecule has 0 aliphatic heterocycles. The largest absolute Gasteiger partial charge is 0.419 e. The highest BCUT2D eigenvalue weighted by Gasteiger charge is 2.14. The number of hydrogen-bond donors (Lipinski definition) is 1. The number of halogens is 1. The van der Waals surface area contributed by atoms with Crippen molar-refractivity contribution in [3.8, 4) is 11.6 Å². The molecule has 1 aromatic carbocycles. The van der Waals surface area contributed by atoms with Crippen LogP contribution in [-0.2, 0) is 11.2 Å². The predicted octanol–water partition coefficient (Wildman–Crippen LogP) is 2.67. The van der Waals surface area contributed by atoms with Crippen LogP contribution in [0, 0.1) is 6.92 Å². The van der Waals surface area contributed by atoms with Gasteiger partial charge >= 0.3 is 0 Å². The minimum atomic E-state index is -0.259. The smallest absolute Gasteiger partial charge is 0.267 e. The molecule has 2 heterocycles. The molecule has 7 nitrogen and oxygen atoms in total. The molecular formula is C15H12ClN5O2. The zero-order chi connectivity index (χ0) is 16.2. The van der Waals surface area contributed by atoms with E-state index in [1.807, 2.05) is 6.92 Å². The number of anilines is 1. The van der Waals surface area contributed by atoms with Gasteiger partial charge < -0.3 is 9.73 Å². The van der Waals surface area contributed by atoms with Crippen LogP contribution in [0.3, 0.4) is 0 Å². The first-order chi connectivity index (χ1) is 11.1. The van der Waals surface area contributed by atoms with E-state index in [-0.39, 0.29) is 24.1 Å². The Bertz CT molecular complexity index is 835.